The second kappa shape index (κ2) is 6.49. The molecular formula is C21H31N3O3. The van der Waals surface area contributed by atoms with E-state index < -0.39 is 6.04 Å². The summed E-state index contributed by atoms with van der Waals surface area (Å²) in [5.41, 5.74) is -0.195. The molecule has 6 nitrogen and oxygen atoms in total. The van der Waals surface area contributed by atoms with E-state index in [0.717, 1.165) is 56.3 Å². The monoisotopic (exact) mass is 373 g/mol. The lowest BCUT2D eigenvalue weighted by Crippen LogP contribution is -2.59. The molecule has 3 amide bonds. The number of rotatable bonds is 3. The highest BCUT2D eigenvalue weighted by molar-refractivity contribution is 5.94. The van der Waals surface area contributed by atoms with Gasteiger partial charge in [-0.05, 0) is 82.0 Å². The van der Waals surface area contributed by atoms with Gasteiger partial charge in [-0.1, -0.05) is 0 Å². The van der Waals surface area contributed by atoms with Gasteiger partial charge in [-0.15, -0.1) is 0 Å². The standard InChI is InChI=1S/C21H31N3O3/c25-18-16(3-1-5-22-18)23-19(26)17-4-2-6-24(17)20(27)21-10-13-7-14(11-21)9-15(8-13)12-21/h13-17H,1-12H2,(H,22,25)(H,23,26)/t13?,14?,15?,16-,17-,21?/m0/s1. The number of piperidine rings is 1. The average Bonchev–Trinajstić information content (AvgIpc) is 3.11. The maximum absolute atomic E-state index is 13.6. The van der Waals surface area contributed by atoms with Crippen LogP contribution in [0.5, 0.6) is 0 Å². The minimum Gasteiger partial charge on any atom is -0.354 e. The maximum atomic E-state index is 13.6. The molecule has 6 fully saturated rings. The smallest absolute Gasteiger partial charge is 0.243 e. The minimum absolute atomic E-state index is 0.0912. The summed E-state index contributed by atoms with van der Waals surface area (Å²) in [6.07, 6.45) is 10.2. The van der Waals surface area contributed by atoms with Crippen LogP contribution < -0.4 is 10.6 Å². The Bertz CT molecular complexity index is 626. The lowest BCUT2D eigenvalue weighted by Gasteiger charge is -2.56. The molecule has 2 heterocycles. The van der Waals surface area contributed by atoms with Gasteiger partial charge in [0.25, 0.3) is 0 Å². The molecule has 2 saturated heterocycles. The van der Waals surface area contributed by atoms with Crippen molar-refractivity contribution in [2.75, 3.05) is 13.1 Å². The fourth-order valence-corrected chi connectivity index (χ4v) is 7.14. The van der Waals surface area contributed by atoms with Crippen molar-refractivity contribution in [3.63, 3.8) is 0 Å². The van der Waals surface area contributed by atoms with Gasteiger partial charge in [-0.3, -0.25) is 14.4 Å². The van der Waals surface area contributed by atoms with Crippen molar-refractivity contribution < 1.29 is 14.4 Å². The van der Waals surface area contributed by atoms with Gasteiger partial charge in [0.1, 0.15) is 12.1 Å². The summed E-state index contributed by atoms with van der Waals surface area (Å²) in [7, 11) is 0. The summed E-state index contributed by atoms with van der Waals surface area (Å²) >= 11 is 0. The topological polar surface area (TPSA) is 78.5 Å². The number of nitrogens with one attached hydrogen (secondary N) is 2. The molecule has 6 heteroatoms. The third-order valence-corrected chi connectivity index (χ3v) is 7.91. The SMILES string of the molecule is O=C1NCCC[C@@H]1NC(=O)[C@@H]1CCCN1C(=O)C12CC3CC(CC(C3)C1)C2. The molecule has 0 aromatic carbocycles. The van der Waals surface area contributed by atoms with Gasteiger partial charge in [-0.2, -0.15) is 0 Å². The normalized spacial score (nSPS) is 42.9. The molecule has 27 heavy (non-hydrogen) atoms. The fourth-order valence-electron chi connectivity index (χ4n) is 7.14. The van der Waals surface area contributed by atoms with E-state index in [4.69, 9.17) is 0 Å². The first-order chi connectivity index (χ1) is 13.0. The Morgan fingerprint density at radius 3 is 2.30 bits per heavy atom. The van der Waals surface area contributed by atoms with E-state index in [1.54, 1.807) is 0 Å². The zero-order valence-corrected chi connectivity index (χ0v) is 16.0. The Labute approximate surface area is 160 Å². The largest absolute Gasteiger partial charge is 0.354 e. The molecule has 4 saturated carbocycles. The summed E-state index contributed by atoms with van der Waals surface area (Å²) < 4.78 is 0. The Hall–Kier alpha value is -1.59. The van der Waals surface area contributed by atoms with Gasteiger partial charge >= 0.3 is 0 Å². The van der Waals surface area contributed by atoms with Crippen molar-refractivity contribution in [2.24, 2.45) is 23.2 Å². The predicted molar refractivity (Wildman–Crippen MR) is 99.5 cm³/mol. The zero-order valence-electron chi connectivity index (χ0n) is 16.0. The number of likely N-dealkylation sites (tertiary alicyclic amines) is 1. The number of nitrogens with zero attached hydrogens (tertiary/aromatic N) is 1. The molecule has 0 unspecified atom stereocenters. The predicted octanol–water partition coefficient (Wildman–Crippen LogP) is 1.59. The lowest BCUT2D eigenvalue weighted by atomic mass is 9.49. The molecule has 0 aromatic heterocycles. The van der Waals surface area contributed by atoms with Crippen LogP contribution in [0.2, 0.25) is 0 Å². The molecule has 0 aromatic rings. The molecule has 6 aliphatic rings. The molecule has 148 valence electrons. The van der Waals surface area contributed by atoms with Gasteiger partial charge in [-0.25, -0.2) is 0 Å². The summed E-state index contributed by atoms with van der Waals surface area (Å²) in [5.74, 6) is 2.19. The van der Waals surface area contributed by atoms with Crippen LogP contribution in [0, 0.1) is 23.2 Å². The Morgan fingerprint density at radius 2 is 1.67 bits per heavy atom. The molecule has 6 rings (SSSR count). The van der Waals surface area contributed by atoms with E-state index in [-0.39, 0.29) is 29.2 Å². The second-order valence-corrected chi connectivity index (χ2v) is 9.85. The van der Waals surface area contributed by atoms with Crippen molar-refractivity contribution in [1.82, 2.24) is 15.5 Å². The molecule has 2 N–H and O–H groups in total. The van der Waals surface area contributed by atoms with Crippen molar-refractivity contribution in [2.45, 2.75) is 76.3 Å². The highest BCUT2D eigenvalue weighted by Crippen LogP contribution is 2.60. The molecule has 2 atom stereocenters. The van der Waals surface area contributed by atoms with Crippen molar-refractivity contribution in [3.05, 3.63) is 0 Å². The van der Waals surface area contributed by atoms with Gasteiger partial charge in [0.15, 0.2) is 0 Å². The number of hydrogen-bond donors (Lipinski definition) is 2. The summed E-state index contributed by atoms with van der Waals surface area (Å²) in [6.45, 7) is 1.38. The van der Waals surface area contributed by atoms with Crippen molar-refractivity contribution in [3.8, 4) is 0 Å². The van der Waals surface area contributed by atoms with Gasteiger partial charge in [0, 0.05) is 13.1 Å². The highest BCUT2D eigenvalue weighted by Gasteiger charge is 2.56. The van der Waals surface area contributed by atoms with Crippen LogP contribution in [0.4, 0.5) is 0 Å². The van der Waals surface area contributed by atoms with Crippen molar-refractivity contribution >= 4 is 17.7 Å². The number of carbonyl (C=O) groups excluding carboxylic acids is 3. The van der Waals surface area contributed by atoms with Crippen LogP contribution in [-0.4, -0.2) is 47.8 Å². The van der Waals surface area contributed by atoms with E-state index in [1.165, 1.54) is 19.3 Å². The van der Waals surface area contributed by atoms with E-state index in [9.17, 15) is 14.4 Å². The van der Waals surface area contributed by atoms with Crippen LogP contribution in [0.1, 0.15) is 64.2 Å². The summed E-state index contributed by atoms with van der Waals surface area (Å²) in [6, 6.07) is -0.830. The molecule has 4 bridgehead atoms. The molecule has 0 spiro atoms. The third kappa shape index (κ3) is 2.95. The first-order valence-electron chi connectivity index (χ1n) is 10.9. The number of carbonyl (C=O) groups is 3. The average molecular weight is 373 g/mol. The van der Waals surface area contributed by atoms with E-state index >= 15 is 0 Å². The highest BCUT2D eigenvalue weighted by atomic mass is 16.2. The van der Waals surface area contributed by atoms with Crippen LogP contribution >= 0.6 is 0 Å². The number of amides is 3. The van der Waals surface area contributed by atoms with Gasteiger partial charge in [0.2, 0.25) is 17.7 Å². The third-order valence-electron chi connectivity index (χ3n) is 7.91. The maximum Gasteiger partial charge on any atom is 0.243 e. The van der Waals surface area contributed by atoms with Crippen LogP contribution in [0.25, 0.3) is 0 Å². The lowest BCUT2D eigenvalue weighted by molar-refractivity contribution is -0.160. The summed E-state index contributed by atoms with van der Waals surface area (Å²) in [5, 5.41) is 5.74. The van der Waals surface area contributed by atoms with E-state index in [1.807, 2.05) is 4.90 Å². The molecular weight excluding hydrogens is 342 g/mol. The first-order valence-corrected chi connectivity index (χ1v) is 10.9. The van der Waals surface area contributed by atoms with Gasteiger partial charge < -0.3 is 15.5 Å². The van der Waals surface area contributed by atoms with E-state index in [0.29, 0.717) is 19.5 Å². The number of hydrogen-bond acceptors (Lipinski definition) is 3. The second-order valence-electron chi connectivity index (χ2n) is 9.85. The Morgan fingerprint density at radius 1 is 1.00 bits per heavy atom. The van der Waals surface area contributed by atoms with Crippen molar-refractivity contribution in [1.29, 1.82) is 0 Å². The minimum atomic E-state index is -0.441. The van der Waals surface area contributed by atoms with E-state index in [2.05, 4.69) is 10.6 Å². The van der Waals surface area contributed by atoms with Gasteiger partial charge in [0.05, 0.1) is 5.41 Å². The quantitative estimate of drug-likeness (QED) is 0.789. The fraction of sp³-hybridized carbons (Fsp3) is 0.857. The Balaban J connectivity index is 1.30. The molecule has 2 aliphatic heterocycles. The molecule has 4 aliphatic carbocycles. The van der Waals surface area contributed by atoms with Crippen LogP contribution in [0.15, 0.2) is 0 Å². The van der Waals surface area contributed by atoms with Crippen LogP contribution in [0.3, 0.4) is 0 Å². The Kier molecular flexibility index (Phi) is 4.21. The molecule has 0 radical (unpaired) electrons. The zero-order chi connectivity index (χ0) is 18.6. The van der Waals surface area contributed by atoms with Crippen LogP contribution in [-0.2, 0) is 14.4 Å². The first kappa shape index (κ1) is 17.5. The summed E-state index contributed by atoms with van der Waals surface area (Å²) in [4.78, 5) is 40.4.